The lowest BCUT2D eigenvalue weighted by atomic mass is 10.1. The van der Waals surface area contributed by atoms with Crippen molar-refractivity contribution in [3.8, 4) is 11.5 Å². The van der Waals surface area contributed by atoms with Gasteiger partial charge in [0.25, 0.3) is 0 Å². The van der Waals surface area contributed by atoms with E-state index in [0.717, 1.165) is 11.1 Å². The van der Waals surface area contributed by atoms with Gasteiger partial charge >= 0.3 is 5.97 Å². The van der Waals surface area contributed by atoms with Gasteiger partial charge in [-0.3, -0.25) is 0 Å². The van der Waals surface area contributed by atoms with Crippen LogP contribution in [-0.2, 0) is 11.3 Å². The zero-order valence-corrected chi connectivity index (χ0v) is 11.4. The van der Waals surface area contributed by atoms with Crippen LogP contribution in [0.25, 0.3) is 0 Å². The quantitative estimate of drug-likeness (QED) is 0.869. The van der Waals surface area contributed by atoms with Gasteiger partial charge in [-0.15, -0.1) is 0 Å². The first-order chi connectivity index (χ1) is 9.63. The van der Waals surface area contributed by atoms with Crippen LogP contribution in [0, 0.1) is 6.92 Å². The Kier molecular flexibility index (Phi) is 4.25. The predicted molar refractivity (Wildman–Crippen MR) is 75.0 cm³/mol. The maximum Gasteiger partial charge on any atom is 0.342 e. The van der Waals surface area contributed by atoms with Crippen molar-refractivity contribution in [3.05, 3.63) is 59.2 Å². The summed E-state index contributed by atoms with van der Waals surface area (Å²) >= 11 is 0. The predicted octanol–water partition coefficient (Wildman–Crippen LogP) is 3.07. The maximum atomic E-state index is 12.0. The maximum absolute atomic E-state index is 12.0. The molecule has 2 aromatic rings. The number of ether oxygens (including phenoxy) is 2. The van der Waals surface area contributed by atoms with Crippen LogP contribution in [-0.4, -0.2) is 18.2 Å². The Morgan fingerprint density at radius 2 is 1.90 bits per heavy atom. The van der Waals surface area contributed by atoms with E-state index >= 15 is 0 Å². The molecular formula is C16H16O4. The molecule has 0 fully saturated rings. The summed E-state index contributed by atoms with van der Waals surface area (Å²) in [5, 5.41) is 9.89. The van der Waals surface area contributed by atoms with E-state index in [1.165, 1.54) is 13.2 Å². The Bertz CT molecular complexity index is 620. The fourth-order valence-electron chi connectivity index (χ4n) is 1.84. The molecule has 0 aliphatic rings. The van der Waals surface area contributed by atoms with E-state index < -0.39 is 5.97 Å². The highest BCUT2D eigenvalue weighted by atomic mass is 16.5. The number of carbonyl (C=O) groups is 1. The Balaban J connectivity index is 2.12. The second kappa shape index (κ2) is 6.10. The van der Waals surface area contributed by atoms with Gasteiger partial charge in [0.05, 0.1) is 7.11 Å². The molecule has 0 atom stereocenters. The normalized spacial score (nSPS) is 10.1. The van der Waals surface area contributed by atoms with Gasteiger partial charge in [0, 0.05) is 0 Å². The molecule has 0 radical (unpaired) electrons. The molecule has 0 heterocycles. The van der Waals surface area contributed by atoms with E-state index in [1.807, 2.05) is 31.2 Å². The summed E-state index contributed by atoms with van der Waals surface area (Å²) < 4.78 is 10.2. The molecule has 4 heteroatoms. The van der Waals surface area contributed by atoms with Crippen LogP contribution in [0.5, 0.6) is 11.5 Å². The van der Waals surface area contributed by atoms with Crippen molar-refractivity contribution in [2.45, 2.75) is 13.5 Å². The number of hydrogen-bond acceptors (Lipinski definition) is 4. The third-order valence-electron chi connectivity index (χ3n) is 3.06. The van der Waals surface area contributed by atoms with Crippen molar-refractivity contribution < 1.29 is 19.4 Å². The van der Waals surface area contributed by atoms with Gasteiger partial charge in [-0.2, -0.15) is 0 Å². The average molecular weight is 272 g/mol. The van der Waals surface area contributed by atoms with E-state index in [4.69, 9.17) is 9.47 Å². The molecule has 0 bridgehead atoms. The van der Waals surface area contributed by atoms with Crippen LogP contribution in [0.15, 0.2) is 42.5 Å². The summed E-state index contributed by atoms with van der Waals surface area (Å²) in [6.07, 6.45) is 0. The van der Waals surface area contributed by atoms with Crippen LogP contribution >= 0.6 is 0 Å². The fourth-order valence-corrected chi connectivity index (χ4v) is 1.84. The number of phenols is 1. The van der Waals surface area contributed by atoms with Gasteiger partial charge < -0.3 is 14.6 Å². The van der Waals surface area contributed by atoms with Gasteiger partial charge in [-0.05, 0) is 30.2 Å². The number of aryl methyl sites for hydroxylation is 1. The second-order valence-electron chi connectivity index (χ2n) is 4.36. The number of benzene rings is 2. The molecule has 2 aromatic carbocycles. The lowest BCUT2D eigenvalue weighted by Gasteiger charge is -2.10. The molecule has 104 valence electrons. The molecule has 20 heavy (non-hydrogen) atoms. The topological polar surface area (TPSA) is 55.8 Å². The van der Waals surface area contributed by atoms with Crippen molar-refractivity contribution in [2.24, 2.45) is 0 Å². The van der Waals surface area contributed by atoms with E-state index in [2.05, 4.69) is 0 Å². The molecule has 0 unspecified atom stereocenters. The highest BCUT2D eigenvalue weighted by molar-refractivity contribution is 5.93. The number of aromatic hydroxyl groups is 1. The molecule has 0 aliphatic heterocycles. The summed E-state index contributed by atoms with van der Waals surface area (Å²) in [4.78, 5) is 12.0. The monoisotopic (exact) mass is 272 g/mol. The van der Waals surface area contributed by atoms with Gasteiger partial charge in [0.1, 0.15) is 12.2 Å². The molecule has 2 rings (SSSR count). The lowest BCUT2D eigenvalue weighted by molar-refractivity contribution is 0.0468. The first-order valence-corrected chi connectivity index (χ1v) is 6.21. The van der Waals surface area contributed by atoms with E-state index in [1.54, 1.807) is 12.1 Å². The largest absolute Gasteiger partial charge is 0.504 e. The van der Waals surface area contributed by atoms with Crippen molar-refractivity contribution in [2.75, 3.05) is 7.11 Å². The van der Waals surface area contributed by atoms with Gasteiger partial charge in [0.15, 0.2) is 11.5 Å². The van der Waals surface area contributed by atoms with Crippen molar-refractivity contribution in [1.82, 2.24) is 0 Å². The molecule has 4 nitrogen and oxygen atoms in total. The molecule has 0 spiro atoms. The number of para-hydroxylation sites is 1. The second-order valence-corrected chi connectivity index (χ2v) is 4.36. The van der Waals surface area contributed by atoms with Crippen molar-refractivity contribution in [3.63, 3.8) is 0 Å². The minimum atomic E-state index is -0.579. The van der Waals surface area contributed by atoms with Gasteiger partial charge in [0.2, 0.25) is 0 Å². The number of rotatable bonds is 4. The standard InChI is InChI=1S/C16H16O4/c1-11-6-3-4-7-12(11)10-20-16(18)13-8-5-9-14(19-2)15(13)17/h3-9,17H,10H2,1-2H3. The van der Waals surface area contributed by atoms with Crippen molar-refractivity contribution >= 4 is 5.97 Å². The fraction of sp³-hybridized carbons (Fsp3) is 0.188. The van der Waals surface area contributed by atoms with Crippen LogP contribution < -0.4 is 4.74 Å². The third-order valence-corrected chi connectivity index (χ3v) is 3.06. The van der Waals surface area contributed by atoms with Gasteiger partial charge in [-0.1, -0.05) is 30.3 Å². The number of phenolic OH excluding ortho intramolecular Hbond substituents is 1. The zero-order chi connectivity index (χ0) is 14.5. The Morgan fingerprint density at radius 3 is 2.60 bits per heavy atom. The van der Waals surface area contributed by atoms with E-state index in [-0.39, 0.29) is 23.7 Å². The molecule has 0 saturated carbocycles. The Morgan fingerprint density at radius 1 is 1.15 bits per heavy atom. The molecule has 1 N–H and O–H groups in total. The smallest absolute Gasteiger partial charge is 0.342 e. The van der Waals surface area contributed by atoms with Crippen LogP contribution in [0.3, 0.4) is 0 Å². The van der Waals surface area contributed by atoms with Crippen molar-refractivity contribution in [1.29, 1.82) is 0 Å². The zero-order valence-electron chi connectivity index (χ0n) is 11.4. The first-order valence-electron chi connectivity index (χ1n) is 6.21. The highest BCUT2D eigenvalue weighted by Crippen LogP contribution is 2.29. The van der Waals surface area contributed by atoms with Crippen LogP contribution in [0.2, 0.25) is 0 Å². The summed E-state index contributed by atoms with van der Waals surface area (Å²) in [5.41, 5.74) is 2.08. The lowest BCUT2D eigenvalue weighted by Crippen LogP contribution is -2.06. The first kappa shape index (κ1) is 13.9. The number of esters is 1. The molecule has 0 amide bonds. The molecular weight excluding hydrogens is 256 g/mol. The summed E-state index contributed by atoms with van der Waals surface area (Å²) in [5.74, 6) is -0.537. The molecule has 0 saturated heterocycles. The Labute approximate surface area is 117 Å². The van der Waals surface area contributed by atoms with Gasteiger partial charge in [-0.25, -0.2) is 4.79 Å². The summed E-state index contributed by atoms with van der Waals surface area (Å²) in [7, 11) is 1.43. The Hall–Kier alpha value is -2.49. The minimum Gasteiger partial charge on any atom is -0.504 e. The molecule has 0 aromatic heterocycles. The summed E-state index contributed by atoms with van der Waals surface area (Å²) in [6, 6.07) is 12.4. The van der Waals surface area contributed by atoms with Crippen LogP contribution in [0.4, 0.5) is 0 Å². The number of methoxy groups -OCH3 is 1. The average Bonchev–Trinajstić information content (AvgIpc) is 2.46. The number of carbonyl (C=O) groups excluding carboxylic acids is 1. The number of hydrogen-bond donors (Lipinski definition) is 1. The molecule has 0 aliphatic carbocycles. The van der Waals surface area contributed by atoms with Crippen LogP contribution in [0.1, 0.15) is 21.5 Å². The summed E-state index contributed by atoms with van der Waals surface area (Å²) in [6.45, 7) is 2.12. The third kappa shape index (κ3) is 2.91. The van der Waals surface area contributed by atoms with E-state index in [9.17, 15) is 9.90 Å². The SMILES string of the molecule is COc1cccc(C(=O)OCc2ccccc2C)c1O. The highest BCUT2D eigenvalue weighted by Gasteiger charge is 2.16. The van der Waals surface area contributed by atoms with E-state index in [0.29, 0.717) is 0 Å². The minimum absolute atomic E-state index is 0.0953.